The number of nitrogens with one attached hydrogen (secondary N) is 2. The van der Waals surface area contributed by atoms with Gasteiger partial charge in [-0.2, -0.15) is 0 Å². The summed E-state index contributed by atoms with van der Waals surface area (Å²) in [6.45, 7) is 1.44. The zero-order valence-electron chi connectivity index (χ0n) is 15.4. The van der Waals surface area contributed by atoms with Crippen LogP contribution in [0.25, 0.3) is 11.3 Å². The highest BCUT2D eigenvalue weighted by atomic mass is 79.9. The predicted molar refractivity (Wildman–Crippen MR) is 116 cm³/mol. The first kappa shape index (κ1) is 20.2. The van der Waals surface area contributed by atoms with Gasteiger partial charge in [0.15, 0.2) is 5.16 Å². The number of thioether (sulfide) groups is 1. The van der Waals surface area contributed by atoms with E-state index in [0.29, 0.717) is 11.4 Å². The minimum absolute atomic E-state index is 0.141. The number of benzene rings is 2. The van der Waals surface area contributed by atoms with E-state index < -0.39 is 0 Å². The van der Waals surface area contributed by atoms with Gasteiger partial charge in [-0.3, -0.25) is 9.59 Å². The molecule has 0 aliphatic carbocycles. The van der Waals surface area contributed by atoms with E-state index in [-0.39, 0.29) is 17.6 Å². The fourth-order valence-corrected chi connectivity index (χ4v) is 3.64. The van der Waals surface area contributed by atoms with Crippen molar-refractivity contribution < 1.29 is 9.59 Å². The normalized spacial score (nSPS) is 10.5. The maximum absolute atomic E-state index is 12.3. The molecule has 0 unspecified atom stereocenters. The summed E-state index contributed by atoms with van der Waals surface area (Å²) in [5.41, 5.74) is 3.32. The highest BCUT2D eigenvalue weighted by Gasteiger charge is 2.11. The van der Waals surface area contributed by atoms with Crippen LogP contribution in [-0.4, -0.2) is 27.1 Å². The van der Waals surface area contributed by atoms with E-state index in [0.717, 1.165) is 20.9 Å². The molecule has 3 aromatic rings. The number of rotatable bonds is 6. The van der Waals surface area contributed by atoms with Crippen LogP contribution in [0, 0.1) is 0 Å². The third-order valence-electron chi connectivity index (χ3n) is 3.88. The zero-order chi connectivity index (χ0) is 20.1. The molecule has 0 aliphatic heterocycles. The molecule has 3 rings (SSSR count). The monoisotopic (exact) mass is 458 g/mol. The second-order valence-corrected chi connectivity index (χ2v) is 7.95. The summed E-state index contributed by atoms with van der Waals surface area (Å²) in [7, 11) is 1.93. The van der Waals surface area contributed by atoms with Crippen molar-refractivity contribution in [1.82, 2.24) is 9.55 Å². The van der Waals surface area contributed by atoms with Gasteiger partial charge in [0.2, 0.25) is 11.8 Å². The van der Waals surface area contributed by atoms with Crippen molar-refractivity contribution >= 4 is 50.9 Å². The Kier molecular flexibility index (Phi) is 6.53. The molecule has 2 aromatic carbocycles. The quantitative estimate of drug-likeness (QED) is 0.531. The van der Waals surface area contributed by atoms with Crippen LogP contribution in [0.3, 0.4) is 0 Å². The summed E-state index contributed by atoms with van der Waals surface area (Å²) < 4.78 is 2.99. The van der Waals surface area contributed by atoms with Gasteiger partial charge >= 0.3 is 0 Å². The summed E-state index contributed by atoms with van der Waals surface area (Å²) in [6.07, 6.45) is 1.81. The number of hydrogen-bond acceptors (Lipinski definition) is 4. The zero-order valence-corrected chi connectivity index (χ0v) is 17.8. The molecule has 2 N–H and O–H groups in total. The van der Waals surface area contributed by atoms with E-state index in [1.807, 2.05) is 35.9 Å². The molecule has 8 heteroatoms. The minimum atomic E-state index is -0.157. The van der Waals surface area contributed by atoms with Crippen LogP contribution in [0.4, 0.5) is 11.4 Å². The molecule has 144 valence electrons. The molecule has 0 saturated carbocycles. The third-order valence-corrected chi connectivity index (χ3v) is 5.46. The Hall–Kier alpha value is -2.58. The van der Waals surface area contributed by atoms with Crippen LogP contribution in [0.1, 0.15) is 6.92 Å². The number of amides is 2. The topological polar surface area (TPSA) is 76.0 Å². The molecular weight excluding hydrogens is 440 g/mol. The van der Waals surface area contributed by atoms with E-state index in [4.69, 9.17) is 0 Å². The molecule has 0 bridgehead atoms. The fourth-order valence-electron chi connectivity index (χ4n) is 2.62. The van der Waals surface area contributed by atoms with E-state index in [2.05, 4.69) is 31.5 Å². The van der Waals surface area contributed by atoms with Gasteiger partial charge in [0.1, 0.15) is 0 Å². The van der Waals surface area contributed by atoms with Crippen molar-refractivity contribution in [3.05, 3.63) is 59.2 Å². The summed E-state index contributed by atoms with van der Waals surface area (Å²) >= 11 is 4.80. The Labute approximate surface area is 175 Å². The number of aromatic nitrogens is 2. The van der Waals surface area contributed by atoms with Crippen molar-refractivity contribution in [3.8, 4) is 11.3 Å². The first-order chi connectivity index (χ1) is 13.4. The summed E-state index contributed by atoms with van der Waals surface area (Å²) in [6, 6.07) is 15.0. The van der Waals surface area contributed by atoms with E-state index in [1.165, 1.54) is 18.7 Å². The Morgan fingerprint density at radius 3 is 2.46 bits per heavy atom. The predicted octanol–water partition coefficient (Wildman–Crippen LogP) is 4.54. The molecule has 2 amide bonds. The average Bonchev–Trinajstić information content (AvgIpc) is 3.01. The van der Waals surface area contributed by atoms with Crippen LogP contribution in [0.5, 0.6) is 0 Å². The third kappa shape index (κ3) is 5.24. The maximum atomic E-state index is 12.3. The number of carbonyl (C=O) groups excluding carboxylic acids is 2. The van der Waals surface area contributed by atoms with Gasteiger partial charge < -0.3 is 15.2 Å². The number of carbonyl (C=O) groups is 2. The lowest BCUT2D eigenvalue weighted by atomic mass is 10.2. The van der Waals surface area contributed by atoms with Gasteiger partial charge in [-0.25, -0.2) is 4.98 Å². The van der Waals surface area contributed by atoms with E-state index >= 15 is 0 Å². The molecule has 0 spiro atoms. The van der Waals surface area contributed by atoms with Crippen molar-refractivity contribution in [1.29, 1.82) is 0 Å². The molecule has 0 saturated heterocycles. The summed E-state index contributed by atoms with van der Waals surface area (Å²) in [4.78, 5) is 27.9. The molecule has 1 aromatic heterocycles. The Morgan fingerprint density at radius 2 is 1.79 bits per heavy atom. The molecule has 0 atom stereocenters. The van der Waals surface area contributed by atoms with Crippen LogP contribution in [0.2, 0.25) is 0 Å². The number of anilines is 2. The Bertz CT molecular complexity index is 1000. The van der Waals surface area contributed by atoms with E-state index in [1.54, 1.807) is 30.5 Å². The van der Waals surface area contributed by atoms with Crippen LogP contribution >= 0.6 is 27.7 Å². The second-order valence-electron chi connectivity index (χ2n) is 6.09. The smallest absolute Gasteiger partial charge is 0.234 e. The largest absolute Gasteiger partial charge is 0.326 e. The number of hydrogen-bond donors (Lipinski definition) is 2. The standard InChI is InChI=1S/C20H19BrN4O2S/c1-13(26)23-16-4-3-5-17(10-16)24-19(27)12-28-20-22-11-18(25(20)2)14-6-8-15(21)9-7-14/h3-11H,12H2,1-2H3,(H,23,26)(H,24,27). The van der Waals surface area contributed by atoms with Crippen LogP contribution in [0.15, 0.2) is 64.4 Å². The Morgan fingerprint density at radius 1 is 1.11 bits per heavy atom. The van der Waals surface area contributed by atoms with E-state index in [9.17, 15) is 9.59 Å². The highest BCUT2D eigenvalue weighted by molar-refractivity contribution is 9.10. The van der Waals surface area contributed by atoms with Gasteiger partial charge in [0, 0.05) is 29.8 Å². The second kappa shape index (κ2) is 9.07. The van der Waals surface area contributed by atoms with Crippen molar-refractivity contribution in [2.75, 3.05) is 16.4 Å². The number of imidazole rings is 1. The average molecular weight is 459 g/mol. The first-order valence-corrected chi connectivity index (χ1v) is 10.3. The fraction of sp³-hybridized carbons (Fsp3) is 0.150. The van der Waals surface area contributed by atoms with Gasteiger partial charge in [0.05, 0.1) is 17.6 Å². The molecule has 6 nitrogen and oxygen atoms in total. The lowest BCUT2D eigenvalue weighted by molar-refractivity contribution is -0.114. The molecule has 0 radical (unpaired) electrons. The molecule has 0 aliphatic rings. The molecule has 1 heterocycles. The lowest BCUT2D eigenvalue weighted by Gasteiger charge is -2.08. The van der Waals surface area contributed by atoms with Crippen LogP contribution < -0.4 is 10.6 Å². The molecule has 28 heavy (non-hydrogen) atoms. The highest BCUT2D eigenvalue weighted by Crippen LogP contribution is 2.26. The first-order valence-electron chi connectivity index (χ1n) is 8.50. The molecular formula is C20H19BrN4O2S. The minimum Gasteiger partial charge on any atom is -0.326 e. The SMILES string of the molecule is CC(=O)Nc1cccc(NC(=O)CSc2ncc(-c3ccc(Br)cc3)n2C)c1. The summed E-state index contributed by atoms with van der Waals surface area (Å²) in [5.74, 6) is -0.0665. The van der Waals surface area contributed by atoms with Crippen molar-refractivity contribution in [2.45, 2.75) is 12.1 Å². The maximum Gasteiger partial charge on any atom is 0.234 e. The van der Waals surface area contributed by atoms with Crippen molar-refractivity contribution in [3.63, 3.8) is 0 Å². The number of halogens is 1. The van der Waals surface area contributed by atoms with Gasteiger partial charge in [-0.1, -0.05) is 45.9 Å². The Balaban J connectivity index is 1.61. The lowest BCUT2D eigenvalue weighted by Crippen LogP contribution is -2.15. The summed E-state index contributed by atoms with van der Waals surface area (Å²) in [5, 5.41) is 6.29. The van der Waals surface area contributed by atoms with Gasteiger partial charge in [-0.05, 0) is 35.9 Å². The number of nitrogens with zero attached hydrogens (tertiary/aromatic N) is 2. The van der Waals surface area contributed by atoms with Crippen LogP contribution in [-0.2, 0) is 16.6 Å². The van der Waals surface area contributed by atoms with Crippen molar-refractivity contribution in [2.24, 2.45) is 7.05 Å². The van der Waals surface area contributed by atoms with Gasteiger partial charge in [0.25, 0.3) is 0 Å². The van der Waals surface area contributed by atoms with Gasteiger partial charge in [-0.15, -0.1) is 0 Å². The molecule has 0 fully saturated rings.